The molecule has 1 N–H and O–H groups in total. The van der Waals surface area contributed by atoms with E-state index in [1.54, 1.807) is 0 Å². The van der Waals surface area contributed by atoms with Crippen LogP contribution in [0.2, 0.25) is 0 Å². The van der Waals surface area contributed by atoms with E-state index >= 15 is 0 Å². The minimum atomic E-state index is 0.0128. The molecule has 0 saturated carbocycles. The number of benzene rings is 1. The van der Waals surface area contributed by atoms with E-state index in [0.717, 1.165) is 29.8 Å². The largest absolute Gasteiger partial charge is 0.388 e. The van der Waals surface area contributed by atoms with Gasteiger partial charge in [-0.1, -0.05) is 19.8 Å². The first-order valence-electron chi connectivity index (χ1n) is 6.74. The van der Waals surface area contributed by atoms with Gasteiger partial charge in [-0.3, -0.25) is 0 Å². The predicted octanol–water partition coefficient (Wildman–Crippen LogP) is 3.34. The summed E-state index contributed by atoms with van der Waals surface area (Å²) in [6, 6.07) is 4.29. The van der Waals surface area contributed by atoms with Crippen molar-refractivity contribution in [2.75, 3.05) is 0 Å². The van der Waals surface area contributed by atoms with Crippen LogP contribution >= 0.6 is 0 Å². The number of aliphatic hydroxyl groups is 1. The molecule has 2 aromatic rings. The molecule has 0 aliphatic rings. The molecule has 3 heteroatoms. The molecule has 0 fully saturated rings. The first-order valence-corrected chi connectivity index (χ1v) is 6.74. The topological polar surface area (TPSA) is 38.0 Å². The number of imidazole rings is 1. The average Bonchev–Trinajstić information content (AvgIpc) is 2.68. The Morgan fingerprint density at radius 3 is 2.56 bits per heavy atom. The van der Waals surface area contributed by atoms with Gasteiger partial charge < -0.3 is 9.67 Å². The third kappa shape index (κ3) is 2.41. The van der Waals surface area contributed by atoms with Gasteiger partial charge in [0.05, 0.1) is 11.0 Å². The third-order valence-electron chi connectivity index (χ3n) is 3.57. The van der Waals surface area contributed by atoms with Crippen molar-refractivity contribution in [1.82, 2.24) is 9.55 Å². The van der Waals surface area contributed by atoms with Gasteiger partial charge in [-0.05, 0) is 43.5 Å². The molecule has 0 bridgehead atoms. The van der Waals surface area contributed by atoms with Crippen LogP contribution in [0.15, 0.2) is 12.1 Å². The molecule has 98 valence electrons. The molecule has 1 aromatic carbocycles. The molecule has 0 amide bonds. The zero-order chi connectivity index (χ0) is 13.1. The molecule has 0 aliphatic heterocycles. The van der Waals surface area contributed by atoms with Crippen molar-refractivity contribution in [3.8, 4) is 0 Å². The van der Waals surface area contributed by atoms with Crippen LogP contribution in [0.4, 0.5) is 0 Å². The van der Waals surface area contributed by atoms with Gasteiger partial charge >= 0.3 is 0 Å². The number of hydrogen-bond acceptors (Lipinski definition) is 2. The summed E-state index contributed by atoms with van der Waals surface area (Å²) in [7, 11) is 0. The Labute approximate surface area is 108 Å². The Morgan fingerprint density at radius 2 is 1.89 bits per heavy atom. The monoisotopic (exact) mass is 246 g/mol. The molecule has 1 heterocycles. The SMILES string of the molecule is CCCCCn1c(CO)nc2cc(C)c(C)cc21. The van der Waals surface area contributed by atoms with Crippen LogP contribution in [-0.4, -0.2) is 14.7 Å². The molecule has 3 nitrogen and oxygen atoms in total. The van der Waals surface area contributed by atoms with Crippen LogP contribution in [-0.2, 0) is 13.2 Å². The summed E-state index contributed by atoms with van der Waals surface area (Å²) in [5.74, 6) is 0.783. The van der Waals surface area contributed by atoms with Crippen LogP contribution in [0.1, 0.15) is 43.1 Å². The average molecular weight is 246 g/mol. The van der Waals surface area contributed by atoms with Crippen LogP contribution in [0.3, 0.4) is 0 Å². The van der Waals surface area contributed by atoms with Crippen molar-refractivity contribution >= 4 is 11.0 Å². The Kier molecular flexibility index (Phi) is 4.02. The highest BCUT2D eigenvalue weighted by molar-refractivity contribution is 5.78. The van der Waals surface area contributed by atoms with Crippen LogP contribution < -0.4 is 0 Å². The van der Waals surface area contributed by atoms with E-state index in [-0.39, 0.29) is 6.61 Å². The molecule has 0 spiro atoms. The summed E-state index contributed by atoms with van der Waals surface area (Å²) >= 11 is 0. The van der Waals surface area contributed by atoms with Gasteiger partial charge in [0.2, 0.25) is 0 Å². The van der Waals surface area contributed by atoms with Gasteiger partial charge in [0, 0.05) is 6.54 Å². The van der Waals surface area contributed by atoms with E-state index in [2.05, 4.69) is 42.5 Å². The molecule has 0 radical (unpaired) electrons. The smallest absolute Gasteiger partial charge is 0.135 e. The van der Waals surface area contributed by atoms with E-state index in [0.29, 0.717) is 0 Å². The van der Waals surface area contributed by atoms with Gasteiger partial charge in [-0.25, -0.2) is 4.98 Å². The Hall–Kier alpha value is -1.35. The lowest BCUT2D eigenvalue weighted by molar-refractivity contribution is 0.265. The summed E-state index contributed by atoms with van der Waals surface area (Å²) in [5.41, 5.74) is 4.69. The van der Waals surface area contributed by atoms with Gasteiger partial charge in [-0.15, -0.1) is 0 Å². The lowest BCUT2D eigenvalue weighted by atomic mass is 10.1. The van der Waals surface area contributed by atoms with E-state index in [1.165, 1.54) is 24.0 Å². The number of hydrogen-bond donors (Lipinski definition) is 1. The Morgan fingerprint density at radius 1 is 1.17 bits per heavy atom. The van der Waals surface area contributed by atoms with E-state index < -0.39 is 0 Å². The van der Waals surface area contributed by atoms with Gasteiger partial charge in [0.15, 0.2) is 0 Å². The minimum absolute atomic E-state index is 0.0128. The van der Waals surface area contributed by atoms with Crippen molar-refractivity contribution in [1.29, 1.82) is 0 Å². The number of aryl methyl sites for hydroxylation is 3. The van der Waals surface area contributed by atoms with Crippen molar-refractivity contribution < 1.29 is 5.11 Å². The first kappa shape index (κ1) is 13.1. The van der Waals surface area contributed by atoms with Crippen molar-refractivity contribution in [2.45, 2.75) is 53.2 Å². The van der Waals surface area contributed by atoms with Crippen LogP contribution in [0, 0.1) is 13.8 Å². The highest BCUT2D eigenvalue weighted by atomic mass is 16.3. The normalized spacial score (nSPS) is 11.3. The molecule has 0 unspecified atom stereocenters. The second-order valence-corrected chi connectivity index (χ2v) is 4.97. The van der Waals surface area contributed by atoms with E-state index in [4.69, 9.17) is 0 Å². The van der Waals surface area contributed by atoms with E-state index in [9.17, 15) is 5.11 Å². The molecular weight excluding hydrogens is 224 g/mol. The molecule has 0 saturated heterocycles. The number of unbranched alkanes of at least 4 members (excludes halogenated alkanes) is 2. The van der Waals surface area contributed by atoms with Crippen LogP contribution in [0.5, 0.6) is 0 Å². The van der Waals surface area contributed by atoms with Crippen molar-refractivity contribution in [3.05, 3.63) is 29.1 Å². The quantitative estimate of drug-likeness (QED) is 0.822. The fourth-order valence-corrected chi connectivity index (χ4v) is 2.32. The second-order valence-electron chi connectivity index (χ2n) is 4.97. The molecule has 0 atom stereocenters. The summed E-state index contributed by atoms with van der Waals surface area (Å²) in [6.45, 7) is 7.38. The Bertz CT molecular complexity index is 543. The summed E-state index contributed by atoms with van der Waals surface area (Å²) in [5, 5.41) is 9.43. The number of rotatable bonds is 5. The molecule has 2 rings (SSSR count). The fraction of sp³-hybridized carbons (Fsp3) is 0.533. The molecule has 1 aromatic heterocycles. The van der Waals surface area contributed by atoms with Gasteiger partial charge in [0.1, 0.15) is 12.4 Å². The lowest BCUT2D eigenvalue weighted by Gasteiger charge is -2.08. The minimum Gasteiger partial charge on any atom is -0.388 e. The Balaban J connectivity index is 2.44. The zero-order valence-corrected chi connectivity index (χ0v) is 11.5. The second kappa shape index (κ2) is 5.53. The number of aliphatic hydroxyl groups excluding tert-OH is 1. The maximum absolute atomic E-state index is 9.43. The summed E-state index contributed by atoms with van der Waals surface area (Å²) in [4.78, 5) is 4.52. The third-order valence-corrected chi connectivity index (χ3v) is 3.57. The van der Waals surface area contributed by atoms with Crippen molar-refractivity contribution in [2.24, 2.45) is 0 Å². The van der Waals surface area contributed by atoms with Gasteiger partial charge in [-0.2, -0.15) is 0 Å². The van der Waals surface area contributed by atoms with Crippen molar-refractivity contribution in [3.63, 3.8) is 0 Å². The zero-order valence-electron chi connectivity index (χ0n) is 11.5. The molecule has 0 aliphatic carbocycles. The highest BCUT2D eigenvalue weighted by Crippen LogP contribution is 2.21. The first-order chi connectivity index (χ1) is 8.67. The number of fused-ring (bicyclic) bond motifs is 1. The fourth-order valence-electron chi connectivity index (χ4n) is 2.32. The molecule has 18 heavy (non-hydrogen) atoms. The highest BCUT2D eigenvalue weighted by Gasteiger charge is 2.10. The number of nitrogens with zero attached hydrogens (tertiary/aromatic N) is 2. The van der Waals surface area contributed by atoms with Crippen LogP contribution in [0.25, 0.3) is 11.0 Å². The summed E-state index contributed by atoms with van der Waals surface area (Å²) < 4.78 is 2.16. The van der Waals surface area contributed by atoms with Gasteiger partial charge in [0.25, 0.3) is 0 Å². The molecular formula is C15H22N2O. The lowest BCUT2D eigenvalue weighted by Crippen LogP contribution is -2.04. The maximum Gasteiger partial charge on any atom is 0.135 e. The number of aromatic nitrogens is 2. The predicted molar refractivity (Wildman–Crippen MR) is 74.7 cm³/mol. The van der Waals surface area contributed by atoms with E-state index in [1.807, 2.05) is 0 Å². The standard InChI is InChI=1S/C15H22N2O/c1-4-5-6-7-17-14-9-12(3)11(2)8-13(14)16-15(17)10-18/h8-9,18H,4-7,10H2,1-3H3. The maximum atomic E-state index is 9.43. The summed E-state index contributed by atoms with van der Waals surface area (Å²) in [6.07, 6.45) is 3.57.